The Kier molecular flexibility index (Phi) is 5.51. The molecule has 0 unspecified atom stereocenters. The molecule has 1 heterocycles. The van der Waals surface area contributed by atoms with E-state index in [-0.39, 0.29) is 19.3 Å². The van der Waals surface area contributed by atoms with E-state index in [9.17, 15) is 4.79 Å². The Hall–Kier alpha value is -3.02. The summed E-state index contributed by atoms with van der Waals surface area (Å²) in [6.45, 7) is 2.49. The molecule has 0 radical (unpaired) electrons. The Morgan fingerprint density at radius 2 is 1.96 bits per heavy atom. The van der Waals surface area contributed by atoms with E-state index < -0.39 is 0 Å². The summed E-state index contributed by atoms with van der Waals surface area (Å²) in [4.78, 5) is 16.9. The van der Waals surface area contributed by atoms with Crippen molar-refractivity contribution < 1.29 is 19.1 Å². The topological polar surface area (TPSA) is 69.2 Å². The molecular weight excluding hydrogens is 320 g/mol. The van der Waals surface area contributed by atoms with Crippen molar-refractivity contribution in [3.63, 3.8) is 0 Å². The molecule has 0 aliphatic carbocycles. The van der Waals surface area contributed by atoms with Crippen LogP contribution >= 0.6 is 0 Å². The molecule has 0 atom stereocenters. The molecule has 6 nitrogen and oxygen atoms in total. The lowest BCUT2D eigenvalue weighted by Gasteiger charge is -2.06. The van der Waals surface area contributed by atoms with Gasteiger partial charge in [-0.1, -0.05) is 35.5 Å². The van der Waals surface area contributed by atoms with Gasteiger partial charge in [-0.15, -0.1) is 0 Å². The highest BCUT2D eigenvalue weighted by Crippen LogP contribution is 2.32. The quantitative estimate of drug-likeness (QED) is 0.621. The summed E-state index contributed by atoms with van der Waals surface area (Å²) in [5, 5.41) is 6.79. The van der Waals surface area contributed by atoms with Crippen LogP contribution in [0.15, 0.2) is 53.7 Å². The number of benzene rings is 2. The van der Waals surface area contributed by atoms with Gasteiger partial charge in [-0.05, 0) is 37.1 Å². The molecule has 0 saturated heterocycles. The second-order valence-corrected chi connectivity index (χ2v) is 5.60. The second-order valence-electron chi connectivity index (χ2n) is 5.60. The number of fused-ring (bicyclic) bond motifs is 1. The van der Waals surface area contributed by atoms with Crippen molar-refractivity contribution in [1.29, 1.82) is 0 Å². The molecule has 0 spiro atoms. The van der Waals surface area contributed by atoms with Crippen molar-refractivity contribution in [3.05, 3.63) is 59.7 Å². The van der Waals surface area contributed by atoms with Gasteiger partial charge in [0, 0.05) is 12.1 Å². The Labute approximate surface area is 146 Å². The average Bonchev–Trinajstić information content (AvgIpc) is 3.10. The third-order valence-electron chi connectivity index (χ3n) is 3.77. The summed E-state index contributed by atoms with van der Waals surface area (Å²) >= 11 is 0. The second kappa shape index (κ2) is 8.19. The lowest BCUT2D eigenvalue weighted by molar-refractivity contribution is -0.125. The van der Waals surface area contributed by atoms with Crippen LogP contribution in [0, 0.1) is 0 Å². The van der Waals surface area contributed by atoms with Gasteiger partial charge >= 0.3 is 0 Å². The number of carbonyl (C=O) groups is 1. The number of hydrogen-bond acceptors (Lipinski definition) is 5. The van der Waals surface area contributed by atoms with Gasteiger partial charge in [-0.2, -0.15) is 0 Å². The molecule has 1 aliphatic heterocycles. The van der Waals surface area contributed by atoms with Crippen molar-refractivity contribution in [1.82, 2.24) is 5.32 Å². The predicted octanol–water partition coefficient (Wildman–Crippen LogP) is 2.51. The van der Waals surface area contributed by atoms with Crippen LogP contribution < -0.4 is 14.8 Å². The molecule has 1 aliphatic rings. The van der Waals surface area contributed by atoms with E-state index in [0.717, 1.165) is 17.7 Å². The van der Waals surface area contributed by atoms with Gasteiger partial charge in [0.15, 0.2) is 18.1 Å². The Morgan fingerprint density at radius 3 is 2.80 bits per heavy atom. The highest BCUT2D eigenvalue weighted by atomic mass is 16.7. The number of ether oxygens (including phenoxy) is 2. The normalized spacial score (nSPS) is 12.8. The van der Waals surface area contributed by atoms with E-state index in [1.807, 2.05) is 55.5 Å². The van der Waals surface area contributed by atoms with Gasteiger partial charge in [0.2, 0.25) is 6.79 Å². The predicted molar refractivity (Wildman–Crippen MR) is 93.9 cm³/mol. The highest BCUT2D eigenvalue weighted by Gasteiger charge is 2.14. The third kappa shape index (κ3) is 4.73. The van der Waals surface area contributed by atoms with E-state index in [2.05, 4.69) is 10.5 Å². The van der Waals surface area contributed by atoms with Crippen LogP contribution in [0.2, 0.25) is 0 Å². The number of rotatable bonds is 7. The van der Waals surface area contributed by atoms with E-state index >= 15 is 0 Å². The molecule has 1 N–H and O–H groups in total. The molecule has 3 rings (SSSR count). The maximum absolute atomic E-state index is 11.8. The van der Waals surface area contributed by atoms with Gasteiger partial charge in [0.25, 0.3) is 5.91 Å². The third-order valence-corrected chi connectivity index (χ3v) is 3.77. The van der Waals surface area contributed by atoms with Crippen LogP contribution in [0.5, 0.6) is 11.5 Å². The molecule has 6 heteroatoms. The molecule has 0 aromatic heterocycles. The zero-order valence-electron chi connectivity index (χ0n) is 14.0. The number of carbonyl (C=O) groups excluding carboxylic acids is 1. The summed E-state index contributed by atoms with van der Waals surface area (Å²) in [6.07, 6.45) is 0.784. The Bertz CT molecular complexity index is 759. The maximum Gasteiger partial charge on any atom is 0.260 e. The molecule has 25 heavy (non-hydrogen) atoms. The highest BCUT2D eigenvalue weighted by molar-refractivity contribution is 5.99. The number of amides is 1. The first-order chi connectivity index (χ1) is 12.2. The van der Waals surface area contributed by atoms with E-state index in [0.29, 0.717) is 18.0 Å². The SMILES string of the molecule is C/C(=N\OCC(=O)NCCc1ccccc1)c1ccc2c(c1)OCO2. The van der Waals surface area contributed by atoms with E-state index in [4.69, 9.17) is 14.3 Å². The first kappa shape index (κ1) is 16.8. The smallest absolute Gasteiger partial charge is 0.260 e. The van der Waals surface area contributed by atoms with Gasteiger partial charge < -0.3 is 19.6 Å². The Morgan fingerprint density at radius 1 is 1.16 bits per heavy atom. The zero-order valence-corrected chi connectivity index (χ0v) is 14.0. The van der Waals surface area contributed by atoms with Crippen molar-refractivity contribution in [2.75, 3.05) is 19.9 Å². The summed E-state index contributed by atoms with van der Waals surface area (Å²) in [5.74, 6) is 1.21. The summed E-state index contributed by atoms with van der Waals surface area (Å²) in [5.41, 5.74) is 2.70. The molecule has 0 saturated carbocycles. The van der Waals surface area contributed by atoms with E-state index in [1.165, 1.54) is 5.56 Å². The fourth-order valence-corrected chi connectivity index (χ4v) is 2.40. The molecule has 0 fully saturated rings. The summed E-state index contributed by atoms with van der Waals surface area (Å²) in [6, 6.07) is 15.5. The van der Waals surface area contributed by atoms with Crippen LogP contribution in [-0.2, 0) is 16.1 Å². The average molecular weight is 340 g/mol. The van der Waals surface area contributed by atoms with Crippen LogP contribution in [0.4, 0.5) is 0 Å². The van der Waals surface area contributed by atoms with Gasteiger partial charge in [0.1, 0.15) is 0 Å². The van der Waals surface area contributed by atoms with Crippen LogP contribution in [0.1, 0.15) is 18.1 Å². The maximum atomic E-state index is 11.8. The first-order valence-corrected chi connectivity index (χ1v) is 8.09. The first-order valence-electron chi connectivity index (χ1n) is 8.09. The number of hydrogen-bond donors (Lipinski definition) is 1. The molecule has 2 aromatic rings. The largest absolute Gasteiger partial charge is 0.454 e. The van der Waals surface area contributed by atoms with Gasteiger partial charge in [0.05, 0.1) is 5.71 Å². The summed E-state index contributed by atoms with van der Waals surface area (Å²) in [7, 11) is 0. The van der Waals surface area contributed by atoms with Crippen molar-refractivity contribution in [2.45, 2.75) is 13.3 Å². The standard InChI is InChI=1S/C19H20N2O4/c1-14(16-7-8-17-18(11-16)24-13-23-17)21-25-12-19(22)20-10-9-15-5-3-2-4-6-15/h2-8,11H,9-10,12-13H2,1H3,(H,20,22)/b21-14+. The van der Waals surface area contributed by atoms with Gasteiger partial charge in [-0.25, -0.2) is 0 Å². The lowest BCUT2D eigenvalue weighted by atomic mass is 10.1. The molecular formula is C19H20N2O4. The molecule has 130 valence electrons. The van der Waals surface area contributed by atoms with Crippen LogP contribution in [0.3, 0.4) is 0 Å². The number of nitrogens with zero attached hydrogens (tertiary/aromatic N) is 1. The van der Waals surface area contributed by atoms with Crippen LogP contribution in [-0.4, -0.2) is 31.6 Å². The fourth-order valence-electron chi connectivity index (χ4n) is 2.40. The number of oxime groups is 1. The lowest BCUT2D eigenvalue weighted by Crippen LogP contribution is -2.29. The summed E-state index contributed by atoms with van der Waals surface area (Å²) < 4.78 is 10.6. The van der Waals surface area contributed by atoms with Crippen molar-refractivity contribution >= 4 is 11.6 Å². The van der Waals surface area contributed by atoms with E-state index in [1.54, 1.807) is 0 Å². The minimum Gasteiger partial charge on any atom is -0.454 e. The molecule has 1 amide bonds. The molecule has 2 aromatic carbocycles. The molecule has 0 bridgehead atoms. The minimum absolute atomic E-state index is 0.114. The fraction of sp³-hybridized carbons (Fsp3) is 0.263. The zero-order chi connectivity index (χ0) is 17.5. The van der Waals surface area contributed by atoms with Crippen LogP contribution in [0.25, 0.3) is 0 Å². The van der Waals surface area contributed by atoms with Crippen molar-refractivity contribution in [2.24, 2.45) is 5.16 Å². The van der Waals surface area contributed by atoms with Crippen molar-refractivity contribution in [3.8, 4) is 11.5 Å². The Balaban J connectivity index is 1.42. The monoisotopic (exact) mass is 340 g/mol. The van der Waals surface area contributed by atoms with Gasteiger partial charge in [-0.3, -0.25) is 4.79 Å². The minimum atomic E-state index is -0.196. The number of nitrogens with one attached hydrogen (secondary N) is 1.